The fraction of sp³-hybridized carbons (Fsp3) is 0.722. The van der Waals surface area contributed by atoms with Crippen LogP contribution in [-0.2, 0) is 19.0 Å². The van der Waals surface area contributed by atoms with Crippen LogP contribution in [0.25, 0.3) is 11.2 Å². The maximum absolute atomic E-state index is 9.70. The average Bonchev–Trinajstić information content (AvgIpc) is 3.35. The van der Waals surface area contributed by atoms with Crippen molar-refractivity contribution >= 4 is 17.0 Å². The van der Waals surface area contributed by atoms with E-state index >= 15 is 0 Å². The van der Waals surface area contributed by atoms with Crippen LogP contribution < -0.4 is 10.8 Å². The van der Waals surface area contributed by atoms with Gasteiger partial charge in [-0.1, -0.05) is 0 Å². The van der Waals surface area contributed by atoms with Gasteiger partial charge in [-0.15, -0.1) is 0 Å². The standard InChI is InChI=1S/C18H28N6O5/c1-18(2)28-13-11(8-25)27-17(14(13)29-18)24-10-23-12-15(21-9-22-16(12)24)20-6-4-5-7-26-19-3/h9-11,13-14,17,19,25H,4-8H2,1-3H3,(H,20,21,22). The molecular weight excluding hydrogens is 380 g/mol. The second kappa shape index (κ2) is 8.46. The van der Waals surface area contributed by atoms with Crippen molar-refractivity contribution in [3.63, 3.8) is 0 Å². The van der Waals surface area contributed by atoms with Crippen LogP contribution in [0, 0.1) is 0 Å². The van der Waals surface area contributed by atoms with Gasteiger partial charge in [-0.25, -0.2) is 20.4 Å². The Kier molecular flexibility index (Phi) is 5.95. The molecule has 0 radical (unpaired) electrons. The molecule has 11 nitrogen and oxygen atoms in total. The Balaban J connectivity index is 1.50. The van der Waals surface area contributed by atoms with Crippen LogP contribution in [0.5, 0.6) is 0 Å². The van der Waals surface area contributed by atoms with E-state index in [0.717, 1.165) is 19.4 Å². The number of nitrogens with one attached hydrogen (secondary N) is 2. The van der Waals surface area contributed by atoms with E-state index < -0.39 is 18.1 Å². The largest absolute Gasteiger partial charge is 0.394 e. The van der Waals surface area contributed by atoms with Gasteiger partial charge in [0.1, 0.15) is 24.6 Å². The minimum absolute atomic E-state index is 0.150. The van der Waals surface area contributed by atoms with Crippen molar-refractivity contribution in [1.29, 1.82) is 0 Å². The fourth-order valence-electron chi connectivity index (χ4n) is 3.81. The first-order chi connectivity index (χ1) is 14.0. The highest BCUT2D eigenvalue weighted by Crippen LogP contribution is 2.43. The van der Waals surface area contributed by atoms with Gasteiger partial charge in [-0.05, 0) is 26.7 Å². The summed E-state index contributed by atoms with van der Waals surface area (Å²) in [5.41, 5.74) is 3.95. The number of aliphatic hydroxyl groups is 1. The van der Waals surface area contributed by atoms with Gasteiger partial charge in [-0.3, -0.25) is 4.57 Å². The first-order valence-electron chi connectivity index (χ1n) is 9.86. The van der Waals surface area contributed by atoms with Crippen LogP contribution in [0.4, 0.5) is 5.82 Å². The number of unbranched alkanes of at least 4 members (excludes halogenated alkanes) is 1. The zero-order valence-electron chi connectivity index (χ0n) is 16.9. The van der Waals surface area contributed by atoms with E-state index in [1.165, 1.54) is 6.33 Å². The van der Waals surface area contributed by atoms with Gasteiger partial charge < -0.3 is 29.5 Å². The zero-order valence-corrected chi connectivity index (χ0v) is 16.9. The van der Waals surface area contributed by atoms with Gasteiger partial charge in [-0.2, -0.15) is 0 Å². The number of hydrogen-bond donors (Lipinski definition) is 3. The molecule has 4 heterocycles. The molecule has 160 valence electrons. The number of ether oxygens (including phenoxy) is 3. The molecule has 2 aliphatic heterocycles. The van der Waals surface area contributed by atoms with Crippen molar-refractivity contribution in [1.82, 2.24) is 25.0 Å². The second-order valence-electron chi connectivity index (χ2n) is 7.55. The lowest BCUT2D eigenvalue weighted by Gasteiger charge is -2.24. The minimum atomic E-state index is -0.736. The maximum Gasteiger partial charge on any atom is 0.167 e. The van der Waals surface area contributed by atoms with Gasteiger partial charge >= 0.3 is 0 Å². The van der Waals surface area contributed by atoms with Crippen molar-refractivity contribution in [2.24, 2.45) is 0 Å². The first-order valence-corrected chi connectivity index (χ1v) is 9.86. The van der Waals surface area contributed by atoms with Crippen molar-refractivity contribution in [2.45, 2.75) is 57.0 Å². The number of nitrogens with zero attached hydrogens (tertiary/aromatic N) is 4. The lowest BCUT2D eigenvalue weighted by Crippen LogP contribution is -2.31. The SMILES string of the molecule is CNOCCCCNc1ncnc2c1ncn2C1OC(CO)C2OC(C)(C)OC21. The number of aliphatic hydroxyl groups excluding tert-OH is 1. The summed E-state index contributed by atoms with van der Waals surface area (Å²) >= 11 is 0. The summed E-state index contributed by atoms with van der Waals surface area (Å²) in [7, 11) is 1.74. The Morgan fingerprint density at radius 1 is 1.21 bits per heavy atom. The fourth-order valence-corrected chi connectivity index (χ4v) is 3.81. The summed E-state index contributed by atoms with van der Waals surface area (Å²) in [4.78, 5) is 18.3. The van der Waals surface area contributed by atoms with E-state index in [1.54, 1.807) is 13.4 Å². The molecule has 4 unspecified atom stereocenters. The predicted octanol–water partition coefficient (Wildman–Crippen LogP) is 0.579. The van der Waals surface area contributed by atoms with Crippen molar-refractivity contribution in [2.75, 3.05) is 32.1 Å². The third-order valence-electron chi connectivity index (χ3n) is 5.05. The maximum atomic E-state index is 9.70. The number of hydroxylamine groups is 1. The molecule has 0 saturated carbocycles. The highest BCUT2D eigenvalue weighted by atomic mass is 16.8. The van der Waals surface area contributed by atoms with E-state index in [1.807, 2.05) is 18.4 Å². The smallest absolute Gasteiger partial charge is 0.167 e. The van der Waals surface area contributed by atoms with Crippen LogP contribution in [0.15, 0.2) is 12.7 Å². The summed E-state index contributed by atoms with van der Waals surface area (Å²) < 4.78 is 19.8. The van der Waals surface area contributed by atoms with Crippen LogP contribution in [-0.4, -0.2) is 75.5 Å². The molecule has 2 aromatic rings. The molecule has 2 fully saturated rings. The highest BCUT2D eigenvalue weighted by Gasteiger charge is 2.55. The summed E-state index contributed by atoms with van der Waals surface area (Å²) in [5.74, 6) is -0.0691. The number of fused-ring (bicyclic) bond motifs is 2. The molecule has 2 aliphatic rings. The highest BCUT2D eigenvalue weighted by molar-refractivity contribution is 5.82. The third-order valence-corrected chi connectivity index (χ3v) is 5.05. The molecule has 3 N–H and O–H groups in total. The van der Waals surface area contributed by atoms with Crippen LogP contribution >= 0.6 is 0 Å². The van der Waals surface area contributed by atoms with E-state index in [4.69, 9.17) is 19.0 Å². The zero-order chi connectivity index (χ0) is 20.4. The van der Waals surface area contributed by atoms with Gasteiger partial charge in [0.15, 0.2) is 29.0 Å². The minimum Gasteiger partial charge on any atom is -0.394 e. The predicted molar refractivity (Wildman–Crippen MR) is 103 cm³/mol. The van der Waals surface area contributed by atoms with Gasteiger partial charge in [0.2, 0.25) is 0 Å². The molecular formula is C18H28N6O5. The molecule has 11 heteroatoms. The van der Waals surface area contributed by atoms with Crippen LogP contribution in [0.1, 0.15) is 32.9 Å². The Bertz CT molecular complexity index is 830. The van der Waals surface area contributed by atoms with Gasteiger partial charge in [0, 0.05) is 13.6 Å². The van der Waals surface area contributed by atoms with Crippen LogP contribution in [0.3, 0.4) is 0 Å². The summed E-state index contributed by atoms with van der Waals surface area (Å²) in [6.07, 6.45) is 3.34. The molecule has 2 saturated heterocycles. The molecule has 2 aromatic heterocycles. The lowest BCUT2D eigenvalue weighted by molar-refractivity contribution is -0.199. The van der Waals surface area contributed by atoms with E-state index in [-0.39, 0.29) is 18.8 Å². The van der Waals surface area contributed by atoms with E-state index in [2.05, 4.69) is 25.7 Å². The van der Waals surface area contributed by atoms with Crippen molar-refractivity contribution in [3.05, 3.63) is 12.7 Å². The summed E-state index contributed by atoms with van der Waals surface area (Å²) in [5, 5.41) is 13.0. The van der Waals surface area contributed by atoms with Gasteiger partial charge in [0.25, 0.3) is 0 Å². The average molecular weight is 408 g/mol. The first kappa shape index (κ1) is 20.4. The normalized spacial score (nSPS) is 28.1. The monoisotopic (exact) mass is 408 g/mol. The number of hydrogen-bond acceptors (Lipinski definition) is 10. The van der Waals surface area contributed by atoms with E-state index in [9.17, 15) is 5.11 Å². The van der Waals surface area contributed by atoms with Crippen molar-refractivity contribution < 1.29 is 24.2 Å². The molecule has 0 spiro atoms. The van der Waals surface area contributed by atoms with Gasteiger partial charge in [0.05, 0.1) is 19.5 Å². The molecule has 29 heavy (non-hydrogen) atoms. The van der Waals surface area contributed by atoms with E-state index in [0.29, 0.717) is 23.6 Å². The second-order valence-corrected chi connectivity index (χ2v) is 7.55. The number of imidazole rings is 1. The third kappa shape index (κ3) is 4.06. The number of anilines is 1. The Morgan fingerprint density at radius 3 is 2.83 bits per heavy atom. The molecule has 0 amide bonds. The number of aromatic nitrogens is 4. The summed E-state index contributed by atoms with van der Waals surface area (Å²) in [6.45, 7) is 4.96. The lowest BCUT2D eigenvalue weighted by atomic mass is 10.1. The molecule has 4 atom stereocenters. The molecule has 0 bridgehead atoms. The Morgan fingerprint density at radius 2 is 2.03 bits per heavy atom. The molecule has 0 aromatic carbocycles. The number of rotatable bonds is 9. The Labute approximate surface area is 168 Å². The Hall–Kier alpha value is -1.89. The molecule has 0 aliphatic carbocycles. The topological polar surface area (TPSA) is 125 Å². The van der Waals surface area contributed by atoms with Crippen molar-refractivity contribution in [3.8, 4) is 0 Å². The van der Waals surface area contributed by atoms with Crippen LogP contribution in [0.2, 0.25) is 0 Å². The quantitative estimate of drug-likeness (QED) is 0.401. The summed E-state index contributed by atoms with van der Waals surface area (Å²) in [6, 6.07) is 0. The molecule has 4 rings (SSSR count).